The molecule has 0 amide bonds. The van der Waals surface area contributed by atoms with Crippen molar-refractivity contribution in [1.82, 2.24) is 0 Å². The standard InChI is InChI=1S/C11H16O3/c1-6-3-4-7(2)10-9(6)8(12)5-14-11(10)13/h3-4,6-7,9-11,13H,5H2,1-2H3/t6-,7?,9-,10-,11?/m0/s1. The normalized spacial score (nSPS) is 47.6. The van der Waals surface area contributed by atoms with E-state index in [-0.39, 0.29) is 36.1 Å². The second-order valence-electron chi connectivity index (χ2n) is 4.37. The molecule has 78 valence electrons. The van der Waals surface area contributed by atoms with Gasteiger partial charge >= 0.3 is 0 Å². The topological polar surface area (TPSA) is 46.5 Å². The third-order valence-corrected chi connectivity index (χ3v) is 3.40. The number of aliphatic hydroxyl groups is 1. The summed E-state index contributed by atoms with van der Waals surface area (Å²) in [5.74, 6) is 0.455. The number of aliphatic hydroxyl groups excluding tert-OH is 1. The van der Waals surface area contributed by atoms with Crippen LogP contribution in [-0.4, -0.2) is 23.8 Å². The van der Waals surface area contributed by atoms with E-state index in [4.69, 9.17) is 4.74 Å². The van der Waals surface area contributed by atoms with Crippen LogP contribution in [0.1, 0.15) is 13.8 Å². The van der Waals surface area contributed by atoms with Crippen LogP contribution in [0, 0.1) is 23.7 Å². The molecule has 0 bridgehead atoms. The molecule has 3 heteroatoms. The molecule has 14 heavy (non-hydrogen) atoms. The minimum atomic E-state index is -0.778. The predicted molar refractivity (Wildman–Crippen MR) is 51.4 cm³/mol. The second kappa shape index (κ2) is 3.48. The molecular formula is C11H16O3. The van der Waals surface area contributed by atoms with E-state index in [9.17, 15) is 9.90 Å². The van der Waals surface area contributed by atoms with E-state index in [0.717, 1.165) is 0 Å². The van der Waals surface area contributed by atoms with Crippen molar-refractivity contribution in [2.24, 2.45) is 23.7 Å². The van der Waals surface area contributed by atoms with Gasteiger partial charge in [0.1, 0.15) is 6.61 Å². The molecule has 1 fully saturated rings. The summed E-state index contributed by atoms with van der Waals surface area (Å²) >= 11 is 0. The van der Waals surface area contributed by atoms with Gasteiger partial charge in [0.05, 0.1) is 0 Å². The van der Waals surface area contributed by atoms with Gasteiger partial charge in [0.25, 0.3) is 0 Å². The number of hydrogen-bond donors (Lipinski definition) is 1. The molecule has 2 unspecified atom stereocenters. The van der Waals surface area contributed by atoms with E-state index in [1.807, 2.05) is 13.8 Å². The lowest BCUT2D eigenvalue weighted by molar-refractivity contribution is -0.195. The minimum Gasteiger partial charge on any atom is -0.368 e. The third kappa shape index (κ3) is 1.41. The van der Waals surface area contributed by atoms with Crippen LogP contribution in [0.3, 0.4) is 0 Å². The number of carbonyl (C=O) groups is 1. The highest BCUT2D eigenvalue weighted by molar-refractivity contribution is 5.84. The van der Waals surface area contributed by atoms with E-state index in [0.29, 0.717) is 0 Å². The van der Waals surface area contributed by atoms with Gasteiger partial charge in [0.15, 0.2) is 12.1 Å². The lowest BCUT2D eigenvalue weighted by Gasteiger charge is -2.41. The Labute approximate surface area is 83.8 Å². The fourth-order valence-corrected chi connectivity index (χ4v) is 2.60. The maximum atomic E-state index is 11.7. The molecule has 0 saturated carbocycles. The molecule has 1 saturated heterocycles. The van der Waals surface area contributed by atoms with Gasteiger partial charge in [0, 0.05) is 11.8 Å². The van der Waals surface area contributed by atoms with E-state index < -0.39 is 6.29 Å². The van der Waals surface area contributed by atoms with Crippen LogP contribution in [0.5, 0.6) is 0 Å². The van der Waals surface area contributed by atoms with E-state index >= 15 is 0 Å². The van der Waals surface area contributed by atoms with Crippen molar-refractivity contribution in [2.75, 3.05) is 6.61 Å². The van der Waals surface area contributed by atoms with Crippen LogP contribution < -0.4 is 0 Å². The molecule has 5 atom stereocenters. The van der Waals surface area contributed by atoms with E-state index in [1.165, 1.54) is 0 Å². The number of rotatable bonds is 0. The molecule has 2 rings (SSSR count). The largest absolute Gasteiger partial charge is 0.368 e. The smallest absolute Gasteiger partial charge is 0.162 e. The SMILES string of the molecule is CC1C=C[C@H](C)[C@H]2C(=O)COC(O)[C@@H]12. The van der Waals surface area contributed by atoms with Gasteiger partial charge in [-0.2, -0.15) is 0 Å². The number of hydrogen-bond acceptors (Lipinski definition) is 3. The Morgan fingerprint density at radius 2 is 2.00 bits per heavy atom. The van der Waals surface area contributed by atoms with Gasteiger partial charge in [-0.05, 0) is 11.8 Å². The zero-order chi connectivity index (χ0) is 10.3. The Morgan fingerprint density at radius 3 is 2.64 bits per heavy atom. The van der Waals surface area contributed by atoms with E-state index in [1.54, 1.807) is 0 Å². The Hall–Kier alpha value is -0.670. The first-order chi connectivity index (χ1) is 6.61. The maximum Gasteiger partial charge on any atom is 0.162 e. The van der Waals surface area contributed by atoms with Gasteiger partial charge in [0.2, 0.25) is 0 Å². The zero-order valence-electron chi connectivity index (χ0n) is 8.51. The summed E-state index contributed by atoms with van der Waals surface area (Å²) in [6, 6.07) is 0. The molecule has 1 heterocycles. The fourth-order valence-electron chi connectivity index (χ4n) is 2.60. The predicted octanol–water partition coefficient (Wildman–Crippen LogP) is 0.978. The summed E-state index contributed by atoms with van der Waals surface area (Å²) in [5, 5.41) is 9.70. The van der Waals surface area contributed by atoms with Crippen LogP contribution in [-0.2, 0) is 9.53 Å². The van der Waals surface area contributed by atoms with Crippen LogP contribution in [0.15, 0.2) is 12.2 Å². The molecule has 0 aromatic carbocycles. The summed E-state index contributed by atoms with van der Waals surface area (Å²) in [5.41, 5.74) is 0. The number of carbonyl (C=O) groups excluding carboxylic acids is 1. The fraction of sp³-hybridized carbons (Fsp3) is 0.727. The lowest BCUT2D eigenvalue weighted by atomic mass is 9.68. The highest BCUT2D eigenvalue weighted by Crippen LogP contribution is 2.39. The molecule has 1 aliphatic heterocycles. The number of Topliss-reactive ketones (excluding diaryl/α,β-unsaturated/α-hetero) is 1. The minimum absolute atomic E-state index is 0.0567. The summed E-state index contributed by atoms with van der Waals surface area (Å²) in [4.78, 5) is 11.7. The van der Waals surface area contributed by atoms with Crippen LogP contribution in [0.2, 0.25) is 0 Å². The highest BCUT2D eigenvalue weighted by atomic mass is 16.6. The van der Waals surface area contributed by atoms with Crippen molar-refractivity contribution in [3.8, 4) is 0 Å². The van der Waals surface area contributed by atoms with Crippen LogP contribution in [0.25, 0.3) is 0 Å². The zero-order valence-corrected chi connectivity index (χ0v) is 8.51. The molecule has 0 spiro atoms. The Kier molecular flexibility index (Phi) is 2.45. The third-order valence-electron chi connectivity index (χ3n) is 3.40. The molecule has 0 radical (unpaired) electrons. The second-order valence-corrected chi connectivity index (χ2v) is 4.37. The van der Waals surface area contributed by atoms with Crippen LogP contribution >= 0.6 is 0 Å². The first-order valence-corrected chi connectivity index (χ1v) is 5.12. The van der Waals surface area contributed by atoms with Gasteiger partial charge in [-0.25, -0.2) is 0 Å². The number of allylic oxidation sites excluding steroid dienone is 2. The molecule has 2 aliphatic rings. The highest BCUT2D eigenvalue weighted by Gasteiger charge is 2.44. The average molecular weight is 196 g/mol. The van der Waals surface area contributed by atoms with Gasteiger partial charge < -0.3 is 9.84 Å². The lowest BCUT2D eigenvalue weighted by Crippen LogP contribution is -2.49. The maximum absolute atomic E-state index is 11.7. The van der Waals surface area contributed by atoms with Crippen molar-refractivity contribution in [2.45, 2.75) is 20.1 Å². The average Bonchev–Trinajstić information content (AvgIpc) is 2.16. The monoisotopic (exact) mass is 196 g/mol. The van der Waals surface area contributed by atoms with Gasteiger partial charge in [-0.1, -0.05) is 26.0 Å². The molecule has 1 aliphatic carbocycles. The molecule has 0 aromatic heterocycles. The van der Waals surface area contributed by atoms with Crippen molar-refractivity contribution < 1.29 is 14.6 Å². The summed E-state index contributed by atoms with van der Waals surface area (Å²) in [7, 11) is 0. The van der Waals surface area contributed by atoms with E-state index in [2.05, 4.69) is 12.2 Å². The first kappa shape index (κ1) is 9.87. The van der Waals surface area contributed by atoms with Gasteiger partial charge in [-0.3, -0.25) is 4.79 Å². The quantitative estimate of drug-likeness (QED) is 0.587. The van der Waals surface area contributed by atoms with Gasteiger partial charge in [-0.15, -0.1) is 0 Å². The molecule has 0 aromatic rings. The summed E-state index contributed by atoms with van der Waals surface area (Å²) in [6.45, 7) is 4.11. The van der Waals surface area contributed by atoms with Crippen molar-refractivity contribution in [3.63, 3.8) is 0 Å². The molecule has 1 N–H and O–H groups in total. The summed E-state index contributed by atoms with van der Waals surface area (Å²) < 4.78 is 5.05. The van der Waals surface area contributed by atoms with Crippen molar-refractivity contribution >= 4 is 5.78 Å². The number of fused-ring (bicyclic) bond motifs is 1. The number of ether oxygens (including phenoxy) is 1. The first-order valence-electron chi connectivity index (χ1n) is 5.12. The Bertz CT molecular complexity index is 272. The van der Waals surface area contributed by atoms with Crippen molar-refractivity contribution in [1.29, 1.82) is 0 Å². The Balaban J connectivity index is 2.31. The number of ketones is 1. The Morgan fingerprint density at radius 1 is 1.36 bits per heavy atom. The molecular weight excluding hydrogens is 180 g/mol. The van der Waals surface area contributed by atoms with Crippen molar-refractivity contribution in [3.05, 3.63) is 12.2 Å². The summed E-state index contributed by atoms with van der Waals surface area (Å²) in [6.07, 6.45) is 3.36. The van der Waals surface area contributed by atoms with Crippen LogP contribution in [0.4, 0.5) is 0 Å². The molecule has 3 nitrogen and oxygen atoms in total.